The number of esters is 1. The quantitative estimate of drug-likeness (QED) is 0.382. The van der Waals surface area contributed by atoms with E-state index in [2.05, 4.69) is 9.97 Å². The number of carbonyl (C=O) groups is 3. The van der Waals surface area contributed by atoms with Gasteiger partial charge in [0.25, 0.3) is 0 Å². The van der Waals surface area contributed by atoms with E-state index in [0.717, 1.165) is 22.1 Å². The summed E-state index contributed by atoms with van der Waals surface area (Å²) in [6.07, 6.45) is -1.88. The highest BCUT2D eigenvalue weighted by atomic mass is 19.4. The first-order valence-electron chi connectivity index (χ1n) is 10.7. The molecule has 2 aromatic carbocycles. The van der Waals surface area contributed by atoms with Crippen LogP contribution >= 0.6 is 0 Å². The Balaban J connectivity index is 0.000000213. The van der Waals surface area contributed by atoms with Crippen molar-refractivity contribution in [3.8, 4) is 0 Å². The van der Waals surface area contributed by atoms with Gasteiger partial charge in [0.15, 0.2) is 0 Å². The number of hydrogen-bond donors (Lipinski definition) is 2. The van der Waals surface area contributed by atoms with E-state index in [4.69, 9.17) is 19.7 Å². The zero-order chi connectivity index (χ0) is 27.8. The Morgan fingerprint density at radius 1 is 0.811 bits per heavy atom. The molecular formula is C24H25F3N4O6. The van der Waals surface area contributed by atoms with Crippen LogP contribution in [-0.2, 0) is 32.2 Å². The number of imidazole rings is 2. The zero-order valence-corrected chi connectivity index (χ0v) is 20.1. The molecular weight excluding hydrogens is 497 g/mol. The maximum atomic E-state index is 11.7. The molecule has 13 heteroatoms. The van der Waals surface area contributed by atoms with Crippen molar-refractivity contribution in [3.05, 3.63) is 61.2 Å². The summed E-state index contributed by atoms with van der Waals surface area (Å²) in [6.45, 7) is 5.73. The lowest BCUT2D eigenvalue weighted by Gasteiger charge is -2.19. The third-order valence-corrected chi connectivity index (χ3v) is 4.32. The summed E-state index contributed by atoms with van der Waals surface area (Å²) < 4.78 is 40.4. The van der Waals surface area contributed by atoms with Crippen molar-refractivity contribution in [2.24, 2.45) is 0 Å². The van der Waals surface area contributed by atoms with Crippen LogP contribution in [0.2, 0.25) is 0 Å². The topological polar surface area (TPSA) is 137 Å². The standard InChI is InChI=1S/C13H16N2O2.C9H8N2O2.C2HF3O2/c1-13(2,3)17-12(16)8-15-9-14-10-6-4-5-7-11(10)15;12-9(13)5-11-6-10-7-3-1-2-4-8(7)11;3-2(4,5)1(6)7/h4-7,9H,8H2,1-3H3;1-4,6H,5H2,(H,12,13);(H,6,7). The minimum Gasteiger partial charge on any atom is -0.480 e. The van der Waals surface area contributed by atoms with Crippen molar-refractivity contribution in [2.45, 2.75) is 45.6 Å². The molecule has 0 aliphatic rings. The normalized spacial score (nSPS) is 11.2. The van der Waals surface area contributed by atoms with Gasteiger partial charge in [-0.2, -0.15) is 13.2 Å². The van der Waals surface area contributed by atoms with Crippen LogP contribution in [0.15, 0.2) is 61.2 Å². The third-order valence-electron chi connectivity index (χ3n) is 4.32. The van der Waals surface area contributed by atoms with Gasteiger partial charge in [-0.25, -0.2) is 14.8 Å². The molecule has 2 N–H and O–H groups in total. The van der Waals surface area contributed by atoms with E-state index < -0.39 is 23.7 Å². The smallest absolute Gasteiger partial charge is 0.480 e. The molecule has 0 unspecified atom stereocenters. The predicted molar refractivity (Wildman–Crippen MR) is 127 cm³/mol. The first-order chi connectivity index (χ1) is 17.2. The number of ether oxygens (including phenoxy) is 1. The lowest BCUT2D eigenvalue weighted by molar-refractivity contribution is -0.192. The second-order valence-electron chi connectivity index (χ2n) is 8.51. The van der Waals surface area contributed by atoms with Gasteiger partial charge in [-0.05, 0) is 45.0 Å². The zero-order valence-electron chi connectivity index (χ0n) is 20.1. The van der Waals surface area contributed by atoms with Crippen LogP contribution in [0, 0.1) is 0 Å². The van der Waals surface area contributed by atoms with Crippen LogP contribution in [-0.4, -0.2) is 59.0 Å². The Morgan fingerprint density at radius 2 is 1.22 bits per heavy atom. The number of carboxylic acid groups (broad SMARTS) is 2. The van der Waals surface area contributed by atoms with Crippen LogP contribution in [0.4, 0.5) is 13.2 Å². The number of aromatic nitrogens is 4. The summed E-state index contributed by atoms with van der Waals surface area (Å²) in [7, 11) is 0. The maximum Gasteiger partial charge on any atom is 0.490 e. The number of carbonyl (C=O) groups excluding carboxylic acids is 1. The molecule has 0 radical (unpaired) electrons. The number of carboxylic acids is 2. The van der Waals surface area contributed by atoms with E-state index in [1.807, 2.05) is 69.3 Å². The minimum atomic E-state index is -5.08. The highest BCUT2D eigenvalue weighted by Gasteiger charge is 2.38. The van der Waals surface area contributed by atoms with Gasteiger partial charge < -0.3 is 24.1 Å². The third kappa shape index (κ3) is 9.28. The molecule has 0 saturated heterocycles. The van der Waals surface area contributed by atoms with E-state index in [1.165, 1.54) is 0 Å². The van der Waals surface area contributed by atoms with Gasteiger partial charge in [-0.3, -0.25) is 9.59 Å². The van der Waals surface area contributed by atoms with E-state index >= 15 is 0 Å². The van der Waals surface area contributed by atoms with Crippen LogP contribution in [0.5, 0.6) is 0 Å². The summed E-state index contributed by atoms with van der Waals surface area (Å²) in [5, 5.41) is 15.7. The van der Waals surface area contributed by atoms with Gasteiger partial charge in [0, 0.05) is 0 Å². The fraction of sp³-hybridized carbons (Fsp3) is 0.292. The van der Waals surface area contributed by atoms with Gasteiger partial charge in [-0.1, -0.05) is 24.3 Å². The molecule has 2 aromatic heterocycles. The number of para-hydroxylation sites is 4. The molecule has 0 aliphatic carbocycles. The van der Waals surface area contributed by atoms with Gasteiger partial charge in [0.1, 0.15) is 18.7 Å². The SMILES string of the molecule is CC(C)(C)OC(=O)Cn1cnc2ccccc21.O=C(O)C(F)(F)F.O=C(O)Cn1cnc2ccccc21. The average Bonchev–Trinajstić information content (AvgIpc) is 3.37. The average molecular weight is 522 g/mol. The lowest BCUT2D eigenvalue weighted by Crippen LogP contribution is -2.26. The Kier molecular flexibility index (Phi) is 9.36. The van der Waals surface area contributed by atoms with E-state index in [-0.39, 0.29) is 19.1 Å². The summed E-state index contributed by atoms with van der Waals surface area (Å²) >= 11 is 0. The molecule has 0 saturated carbocycles. The minimum absolute atomic E-state index is 0.0412. The molecule has 2 heterocycles. The van der Waals surface area contributed by atoms with Crippen molar-refractivity contribution in [3.63, 3.8) is 0 Å². The van der Waals surface area contributed by atoms with Crippen molar-refractivity contribution >= 4 is 40.0 Å². The number of halogens is 3. The van der Waals surface area contributed by atoms with Crippen LogP contribution in [0.25, 0.3) is 22.1 Å². The van der Waals surface area contributed by atoms with Crippen molar-refractivity contribution < 1.29 is 42.5 Å². The Labute approximate surface area is 208 Å². The Bertz CT molecular complexity index is 1370. The molecule has 4 aromatic rings. The molecule has 10 nitrogen and oxygen atoms in total. The number of aliphatic carboxylic acids is 2. The molecule has 0 fully saturated rings. The second kappa shape index (κ2) is 12.0. The molecule has 4 rings (SSSR count). The van der Waals surface area contributed by atoms with Gasteiger partial charge in [0.2, 0.25) is 0 Å². The molecule has 0 atom stereocenters. The molecule has 0 amide bonds. The molecule has 37 heavy (non-hydrogen) atoms. The number of fused-ring (bicyclic) bond motifs is 2. The number of benzene rings is 2. The van der Waals surface area contributed by atoms with Gasteiger partial charge in [-0.15, -0.1) is 0 Å². The summed E-state index contributed by atoms with van der Waals surface area (Å²) in [6, 6.07) is 15.2. The van der Waals surface area contributed by atoms with Crippen molar-refractivity contribution in [2.75, 3.05) is 0 Å². The maximum absolute atomic E-state index is 11.7. The van der Waals surface area contributed by atoms with Crippen LogP contribution < -0.4 is 0 Å². The number of alkyl halides is 3. The summed E-state index contributed by atoms with van der Waals surface area (Å²) in [5.74, 6) is -3.86. The molecule has 198 valence electrons. The first-order valence-corrected chi connectivity index (χ1v) is 10.7. The predicted octanol–water partition coefficient (Wildman–Crippen LogP) is 4.13. The van der Waals surface area contributed by atoms with Gasteiger partial charge >= 0.3 is 24.1 Å². The van der Waals surface area contributed by atoms with E-state index in [0.29, 0.717) is 0 Å². The number of hydrogen-bond acceptors (Lipinski definition) is 6. The van der Waals surface area contributed by atoms with E-state index in [9.17, 15) is 22.8 Å². The van der Waals surface area contributed by atoms with Gasteiger partial charge in [0.05, 0.1) is 34.7 Å². The largest absolute Gasteiger partial charge is 0.490 e. The highest BCUT2D eigenvalue weighted by molar-refractivity contribution is 5.78. The molecule has 0 aliphatic heterocycles. The van der Waals surface area contributed by atoms with Crippen LogP contribution in [0.3, 0.4) is 0 Å². The Hall–Kier alpha value is -4.42. The van der Waals surface area contributed by atoms with Crippen LogP contribution in [0.1, 0.15) is 20.8 Å². The lowest BCUT2D eigenvalue weighted by atomic mass is 10.2. The Morgan fingerprint density at radius 3 is 1.59 bits per heavy atom. The van der Waals surface area contributed by atoms with Crippen molar-refractivity contribution in [1.82, 2.24) is 19.1 Å². The van der Waals surface area contributed by atoms with Crippen molar-refractivity contribution in [1.29, 1.82) is 0 Å². The second-order valence-corrected chi connectivity index (χ2v) is 8.51. The summed E-state index contributed by atoms with van der Waals surface area (Å²) in [4.78, 5) is 39.4. The highest BCUT2D eigenvalue weighted by Crippen LogP contribution is 2.14. The fourth-order valence-electron chi connectivity index (χ4n) is 2.93. The number of rotatable bonds is 4. The van der Waals surface area contributed by atoms with E-state index in [1.54, 1.807) is 21.8 Å². The fourth-order valence-corrected chi connectivity index (χ4v) is 2.93. The first kappa shape index (κ1) is 28.8. The summed E-state index contributed by atoms with van der Waals surface area (Å²) in [5.41, 5.74) is 3.05. The monoisotopic (exact) mass is 522 g/mol. The number of nitrogens with zero attached hydrogens (tertiary/aromatic N) is 4. The molecule has 0 bridgehead atoms. The molecule has 0 spiro atoms.